The first kappa shape index (κ1) is 30.3. The summed E-state index contributed by atoms with van der Waals surface area (Å²) >= 11 is 0. The molecule has 1 aliphatic carbocycles. The number of hydrogen-bond acceptors (Lipinski definition) is 11. The molecule has 2 rings (SSSR count). The van der Waals surface area contributed by atoms with Gasteiger partial charge in [0.15, 0.2) is 24.5 Å². The van der Waals surface area contributed by atoms with Crippen molar-refractivity contribution < 1.29 is 46.8 Å². The summed E-state index contributed by atoms with van der Waals surface area (Å²) in [6, 6.07) is -3.40. The zero-order chi connectivity index (χ0) is 28.6. The van der Waals surface area contributed by atoms with E-state index in [1.165, 1.54) is 0 Å². The predicted molar refractivity (Wildman–Crippen MR) is 119 cm³/mol. The van der Waals surface area contributed by atoms with E-state index in [-0.39, 0.29) is 6.42 Å². The molecular formula is C19H25F2N9O8. The van der Waals surface area contributed by atoms with E-state index in [0.717, 1.165) is 20.8 Å². The van der Waals surface area contributed by atoms with Crippen LogP contribution in [0.4, 0.5) is 8.78 Å². The van der Waals surface area contributed by atoms with Gasteiger partial charge in [0.1, 0.15) is 18.3 Å². The molecule has 1 heterocycles. The SMILES string of the molecule is CC(=O)O[C@H]1[C@H](O[C@H]2O[C@H](CN=[N+]=[N-])[C@@H](OC(C)=O)C(F)(F)C2N=[N+]=[N-])[C@@H](C)CC(N=[N+]=[N-])[C@@H]1OC(C)=O. The van der Waals surface area contributed by atoms with Crippen molar-refractivity contribution in [3.05, 3.63) is 31.3 Å². The van der Waals surface area contributed by atoms with Crippen LogP contribution in [-0.4, -0.2) is 79.3 Å². The lowest BCUT2D eigenvalue weighted by Gasteiger charge is -2.48. The molecule has 38 heavy (non-hydrogen) atoms. The van der Waals surface area contributed by atoms with Gasteiger partial charge < -0.3 is 23.7 Å². The van der Waals surface area contributed by atoms with E-state index in [9.17, 15) is 14.4 Å². The highest BCUT2D eigenvalue weighted by atomic mass is 19.3. The molecular weight excluding hydrogens is 520 g/mol. The van der Waals surface area contributed by atoms with Crippen molar-refractivity contribution in [1.82, 2.24) is 0 Å². The zero-order valence-corrected chi connectivity index (χ0v) is 20.7. The van der Waals surface area contributed by atoms with Crippen molar-refractivity contribution in [2.75, 3.05) is 6.54 Å². The monoisotopic (exact) mass is 545 g/mol. The Hall–Kier alpha value is -3.88. The van der Waals surface area contributed by atoms with Gasteiger partial charge in [-0.3, -0.25) is 14.4 Å². The van der Waals surface area contributed by atoms with Crippen molar-refractivity contribution in [2.24, 2.45) is 21.3 Å². The quantitative estimate of drug-likeness (QED) is 0.136. The molecule has 0 aromatic carbocycles. The Morgan fingerprint density at radius 2 is 1.50 bits per heavy atom. The van der Waals surface area contributed by atoms with E-state index in [1.807, 2.05) is 0 Å². The standard InChI is InChI=1S/C19H25F2N9O8/c1-7-5-11(26-29-23)14(34-8(2)31)15(35-9(3)32)13(7)38-18-16(27-30-24)19(20,21)17(36-10(4)33)12(37-18)6-25-28-22/h7,11-18H,5-6H2,1-4H3/t7-,11?,12+,13+,14-,15-,16?,17+,18+/m0/s1. The number of azide groups is 3. The Bertz CT molecular complexity index is 1060. The Morgan fingerprint density at radius 3 is 2.03 bits per heavy atom. The molecule has 9 atom stereocenters. The summed E-state index contributed by atoms with van der Waals surface area (Å²) in [7, 11) is 0. The summed E-state index contributed by atoms with van der Waals surface area (Å²) in [5.41, 5.74) is 26.6. The van der Waals surface area contributed by atoms with Crippen LogP contribution >= 0.6 is 0 Å². The fourth-order valence-corrected chi connectivity index (χ4v) is 4.39. The van der Waals surface area contributed by atoms with E-state index < -0.39 is 85.2 Å². The first-order valence-corrected chi connectivity index (χ1v) is 11.2. The lowest BCUT2D eigenvalue weighted by molar-refractivity contribution is -0.326. The summed E-state index contributed by atoms with van der Waals surface area (Å²) in [5, 5.41) is 9.92. The van der Waals surface area contributed by atoms with E-state index in [2.05, 4.69) is 30.1 Å². The molecule has 0 aromatic rings. The highest BCUT2D eigenvalue weighted by molar-refractivity contribution is 5.67. The van der Waals surface area contributed by atoms with Crippen LogP contribution in [-0.2, 0) is 38.1 Å². The fourth-order valence-electron chi connectivity index (χ4n) is 4.39. The molecule has 208 valence electrons. The molecule has 1 saturated carbocycles. The van der Waals surface area contributed by atoms with Crippen LogP contribution in [0.15, 0.2) is 15.3 Å². The molecule has 17 nitrogen and oxygen atoms in total. The third kappa shape index (κ3) is 7.12. The van der Waals surface area contributed by atoms with E-state index in [1.54, 1.807) is 6.92 Å². The Kier molecular flexibility index (Phi) is 10.4. The summed E-state index contributed by atoms with van der Waals surface area (Å²) < 4.78 is 57.7. The van der Waals surface area contributed by atoms with Gasteiger partial charge in [-0.15, -0.1) is 0 Å². The molecule has 0 spiro atoms. The van der Waals surface area contributed by atoms with E-state index >= 15 is 8.78 Å². The Labute approximate surface area is 213 Å². The maximum Gasteiger partial charge on any atom is 0.303 e. The molecule has 2 unspecified atom stereocenters. The van der Waals surface area contributed by atoms with Crippen molar-refractivity contribution in [1.29, 1.82) is 0 Å². The van der Waals surface area contributed by atoms with Crippen LogP contribution in [0.1, 0.15) is 34.1 Å². The highest BCUT2D eigenvalue weighted by Crippen LogP contribution is 2.42. The van der Waals surface area contributed by atoms with Crippen LogP contribution in [0.2, 0.25) is 0 Å². The van der Waals surface area contributed by atoms with Gasteiger partial charge in [0.05, 0.1) is 12.6 Å². The molecule has 0 aromatic heterocycles. The molecule has 2 aliphatic rings. The van der Waals surface area contributed by atoms with Gasteiger partial charge in [-0.05, 0) is 28.9 Å². The molecule has 0 bridgehead atoms. The molecule has 0 amide bonds. The molecule has 19 heteroatoms. The lowest BCUT2D eigenvalue weighted by Crippen LogP contribution is -2.65. The number of nitrogens with zero attached hydrogens (tertiary/aromatic N) is 9. The van der Waals surface area contributed by atoms with Gasteiger partial charge in [0.25, 0.3) is 5.92 Å². The minimum Gasteiger partial charge on any atom is -0.458 e. The van der Waals surface area contributed by atoms with Crippen molar-refractivity contribution in [3.8, 4) is 0 Å². The van der Waals surface area contributed by atoms with E-state index in [0.29, 0.717) is 0 Å². The van der Waals surface area contributed by atoms with Crippen molar-refractivity contribution >= 4 is 17.9 Å². The average molecular weight is 545 g/mol. The number of halogens is 2. The second-order valence-electron chi connectivity index (χ2n) is 8.54. The smallest absolute Gasteiger partial charge is 0.303 e. The molecule has 0 N–H and O–H groups in total. The number of rotatable bonds is 9. The number of carbonyl (C=O) groups is 3. The van der Waals surface area contributed by atoms with Gasteiger partial charge in [-0.1, -0.05) is 22.3 Å². The topological polar surface area (TPSA) is 244 Å². The lowest BCUT2D eigenvalue weighted by atomic mass is 9.80. The number of carbonyl (C=O) groups excluding carboxylic acids is 3. The number of esters is 3. The van der Waals surface area contributed by atoms with Crippen molar-refractivity contribution in [3.63, 3.8) is 0 Å². The maximum absolute atomic E-state index is 15.5. The molecule has 2 fully saturated rings. The number of alkyl halides is 2. The van der Waals surface area contributed by atoms with Crippen LogP contribution in [0.3, 0.4) is 0 Å². The molecule has 1 saturated heterocycles. The third-order valence-electron chi connectivity index (χ3n) is 5.77. The highest BCUT2D eigenvalue weighted by Gasteiger charge is 2.62. The van der Waals surface area contributed by atoms with Crippen molar-refractivity contribution in [2.45, 2.75) is 88.9 Å². The summed E-state index contributed by atoms with van der Waals surface area (Å²) in [6.45, 7) is 3.82. The molecule has 0 radical (unpaired) electrons. The first-order chi connectivity index (χ1) is 17.9. The Balaban J connectivity index is 2.55. The molecule has 1 aliphatic heterocycles. The summed E-state index contributed by atoms with van der Waals surface area (Å²) in [5.74, 6) is -7.52. The summed E-state index contributed by atoms with van der Waals surface area (Å²) in [6.07, 6.45) is -10.2. The fraction of sp³-hybridized carbons (Fsp3) is 0.842. The normalized spacial score (nSPS) is 33.8. The van der Waals surface area contributed by atoms with Gasteiger partial charge in [0.2, 0.25) is 0 Å². The zero-order valence-electron chi connectivity index (χ0n) is 20.7. The predicted octanol–water partition coefficient (Wildman–Crippen LogP) is 3.23. The first-order valence-electron chi connectivity index (χ1n) is 11.2. The second-order valence-corrected chi connectivity index (χ2v) is 8.54. The largest absolute Gasteiger partial charge is 0.458 e. The van der Waals surface area contributed by atoms with Gasteiger partial charge >= 0.3 is 17.9 Å². The number of ether oxygens (including phenoxy) is 5. The van der Waals surface area contributed by atoms with E-state index in [4.69, 9.17) is 40.3 Å². The second kappa shape index (κ2) is 13.1. The van der Waals surface area contributed by atoms with Gasteiger partial charge in [-0.25, -0.2) is 8.78 Å². The maximum atomic E-state index is 15.5. The number of hydrogen-bond donors (Lipinski definition) is 0. The van der Waals surface area contributed by atoms with Gasteiger partial charge in [0, 0.05) is 35.5 Å². The summed E-state index contributed by atoms with van der Waals surface area (Å²) in [4.78, 5) is 42.8. The minimum absolute atomic E-state index is 0.0119. The third-order valence-corrected chi connectivity index (χ3v) is 5.77. The van der Waals surface area contributed by atoms with Crippen LogP contribution in [0.25, 0.3) is 31.3 Å². The Morgan fingerprint density at radius 1 is 0.921 bits per heavy atom. The van der Waals surface area contributed by atoms with Crippen LogP contribution < -0.4 is 0 Å². The van der Waals surface area contributed by atoms with Crippen LogP contribution in [0, 0.1) is 5.92 Å². The van der Waals surface area contributed by atoms with Gasteiger partial charge in [-0.2, -0.15) is 0 Å². The minimum atomic E-state index is -4.08. The van der Waals surface area contributed by atoms with Crippen LogP contribution in [0.5, 0.6) is 0 Å². The average Bonchev–Trinajstić information content (AvgIpc) is 2.81.